The lowest BCUT2D eigenvalue weighted by Gasteiger charge is -2.10. The van der Waals surface area contributed by atoms with Gasteiger partial charge in [0, 0.05) is 11.3 Å². The number of amides is 1. The van der Waals surface area contributed by atoms with Crippen LogP contribution in [0.3, 0.4) is 0 Å². The van der Waals surface area contributed by atoms with Crippen LogP contribution in [0.5, 0.6) is 0 Å². The van der Waals surface area contributed by atoms with Gasteiger partial charge < -0.3 is 11.5 Å². The number of nitrogens with two attached hydrogens (primary N) is 2. The van der Waals surface area contributed by atoms with E-state index in [0.717, 1.165) is 6.07 Å². The van der Waals surface area contributed by atoms with Crippen molar-refractivity contribution in [1.82, 2.24) is 0 Å². The minimum atomic E-state index is -4.39. The number of primary amides is 1. The van der Waals surface area contributed by atoms with Crippen LogP contribution in [0.4, 0.5) is 18.9 Å². The molecule has 6 heteroatoms. The first-order valence-electron chi connectivity index (χ1n) is 4.04. The minimum Gasteiger partial charge on any atom is -0.399 e. The molecule has 0 aliphatic rings. The molecule has 1 aromatic carbocycles. The molecule has 0 fully saturated rings. The fourth-order valence-corrected chi connectivity index (χ4v) is 1.22. The number of hydrogen-bond donors (Lipinski definition) is 2. The number of carbonyl (C=O) groups excluding carboxylic acids is 1. The van der Waals surface area contributed by atoms with Crippen molar-refractivity contribution in [2.45, 2.75) is 12.6 Å². The van der Waals surface area contributed by atoms with E-state index in [0.29, 0.717) is 0 Å². The fraction of sp³-hybridized carbons (Fsp3) is 0.222. The molecule has 1 rings (SSSR count). The normalized spacial score (nSPS) is 11.4. The molecule has 0 atom stereocenters. The number of nitrogen functional groups attached to an aromatic ring is 1. The van der Waals surface area contributed by atoms with Gasteiger partial charge in [-0.15, -0.1) is 0 Å². The molecule has 0 unspecified atom stereocenters. The van der Waals surface area contributed by atoms with Crippen LogP contribution in [0, 0.1) is 0 Å². The molecule has 1 aromatic rings. The van der Waals surface area contributed by atoms with E-state index >= 15 is 0 Å². The first-order chi connectivity index (χ1) is 6.79. The molecule has 15 heavy (non-hydrogen) atoms. The van der Waals surface area contributed by atoms with Crippen LogP contribution in [0.15, 0.2) is 18.2 Å². The summed E-state index contributed by atoms with van der Waals surface area (Å²) >= 11 is 0. The first-order valence-corrected chi connectivity index (χ1v) is 4.04. The number of carbonyl (C=O) groups is 1. The lowest BCUT2D eigenvalue weighted by molar-refractivity contribution is -0.127. The van der Waals surface area contributed by atoms with Crippen LogP contribution in [0.25, 0.3) is 0 Å². The molecule has 0 aliphatic carbocycles. The van der Waals surface area contributed by atoms with Gasteiger partial charge in [-0.05, 0) is 23.8 Å². The summed E-state index contributed by atoms with van der Waals surface area (Å²) < 4.78 is 36.4. The zero-order chi connectivity index (χ0) is 11.6. The predicted octanol–water partition coefficient (Wildman–Crippen LogP) is 1.47. The summed E-state index contributed by atoms with van der Waals surface area (Å²) in [6.45, 7) is 0. The molecule has 82 valence electrons. The largest absolute Gasteiger partial charge is 0.399 e. The third kappa shape index (κ3) is 3.16. The smallest absolute Gasteiger partial charge is 0.393 e. The Bertz CT molecular complexity index is 387. The Kier molecular flexibility index (Phi) is 2.88. The zero-order valence-electron chi connectivity index (χ0n) is 7.64. The Morgan fingerprint density at radius 2 is 1.93 bits per heavy atom. The Morgan fingerprint density at radius 1 is 1.33 bits per heavy atom. The third-order valence-corrected chi connectivity index (χ3v) is 1.79. The second kappa shape index (κ2) is 3.80. The minimum absolute atomic E-state index is 0.151. The molecule has 0 aromatic heterocycles. The highest BCUT2D eigenvalue weighted by molar-refractivity contribution is 5.94. The van der Waals surface area contributed by atoms with E-state index in [9.17, 15) is 18.0 Å². The summed E-state index contributed by atoms with van der Waals surface area (Å²) in [7, 11) is 0. The molecule has 1 amide bonds. The molecular weight excluding hydrogens is 209 g/mol. The van der Waals surface area contributed by atoms with Crippen LogP contribution in [0.2, 0.25) is 0 Å². The molecule has 4 N–H and O–H groups in total. The molecule has 0 aliphatic heterocycles. The maximum atomic E-state index is 12.1. The van der Waals surface area contributed by atoms with Gasteiger partial charge in [-0.3, -0.25) is 4.79 Å². The Balaban J connectivity index is 3.13. The number of hydrogen-bond acceptors (Lipinski definition) is 2. The van der Waals surface area contributed by atoms with Crippen molar-refractivity contribution in [1.29, 1.82) is 0 Å². The second-order valence-electron chi connectivity index (χ2n) is 3.07. The maximum Gasteiger partial charge on any atom is 0.393 e. The number of anilines is 1. The van der Waals surface area contributed by atoms with Crippen molar-refractivity contribution in [2.75, 3.05) is 5.73 Å². The molecule has 0 radical (unpaired) electrons. The Labute approximate surface area is 83.9 Å². The van der Waals surface area contributed by atoms with E-state index in [1.807, 2.05) is 0 Å². The first kappa shape index (κ1) is 11.4. The highest BCUT2D eigenvalue weighted by atomic mass is 19.4. The Morgan fingerprint density at radius 3 is 2.40 bits per heavy atom. The summed E-state index contributed by atoms with van der Waals surface area (Å²) in [5.41, 5.74) is 10.1. The second-order valence-corrected chi connectivity index (χ2v) is 3.07. The molecule has 0 bridgehead atoms. The van der Waals surface area contributed by atoms with Gasteiger partial charge in [-0.1, -0.05) is 0 Å². The number of alkyl halides is 3. The maximum absolute atomic E-state index is 12.1. The van der Waals surface area contributed by atoms with Crippen molar-refractivity contribution in [3.63, 3.8) is 0 Å². The van der Waals surface area contributed by atoms with Crippen LogP contribution in [-0.4, -0.2) is 12.1 Å². The van der Waals surface area contributed by atoms with E-state index in [4.69, 9.17) is 11.5 Å². The molecule has 0 saturated carbocycles. The fourth-order valence-electron chi connectivity index (χ4n) is 1.22. The number of rotatable bonds is 2. The van der Waals surface area contributed by atoms with E-state index in [-0.39, 0.29) is 16.8 Å². The van der Waals surface area contributed by atoms with Gasteiger partial charge in [-0.2, -0.15) is 13.2 Å². The predicted molar refractivity (Wildman–Crippen MR) is 49.1 cm³/mol. The topological polar surface area (TPSA) is 69.1 Å². The van der Waals surface area contributed by atoms with Crippen LogP contribution >= 0.6 is 0 Å². The molecule has 0 heterocycles. The van der Waals surface area contributed by atoms with Crippen LogP contribution in [-0.2, 0) is 6.42 Å². The average Bonchev–Trinajstić information content (AvgIpc) is 1.99. The number of benzene rings is 1. The van der Waals surface area contributed by atoms with Crippen molar-refractivity contribution < 1.29 is 18.0 Å². The van der Waals surface area contributed by atoms with Crippen molar-refractivity contribution >= 4 is 11.6 Å². The SMILES string of the molecule is NC(=O)c1ccc(N)cc1CC(F)(F)F. The lowest BCUT2D eigenvalue weighted by atomic mass is 10.0. The molecule has 0 spiro atoms. The summed E-state index contributed by atoms with van der Waals surface area (Å²) in [6, 6.07) is 3.63. The quantitative estimate of drug-likeness (QED) is 0.738. The molecule has 0 saturated heterocycles. The highest BCUT2D eigenvalue weighted by Gasteiger charge is 2.29. The van der Waals surface area contributed by atoms with Crippen LogP contribution in [0.1, 0.15) is 15.9 Å². The van der Waals surface area contributed by atoms with Gasteiger partial charge in [0.25, 0.3) is 0 Å². The van der Waals surface area contributed by atoms with E-state index < -0.39 is 18.5 Å². The molecule has 3 nitrogen and oxygen atoms in total. The van der Waals surface area contributed by atoms with Crippen LogP contribution < -0.4 is 11.5 Å². The summed E-state index contributed by atoms with van der Waals surface area (Å²) in [5.74, 6) is -0.894. The average molecular weight is 218 g/mol. The van der Waals surface area contributed by atoms with E-state index in [2.05, 4.69) is 0 Å². The summed E-state index contributed by atoms with van der Waals surface area (Å²) in [5, 5.41) is 0. The van der Waals surface area contributed by atoms with Crippen molar-refractivity contribution in [3.05, 3.63) is 29.3 Å². The van der Waals surface area contributed by atoms with Gasteiger partial charge in [0.15, 0.2) is 0 Å². The van der Waals surface area contributed by atoms with Gasteiger partial charge in [0.05, 0.1) is 6.42 Å². The number of halogens is 3. The van der Waals surface area contributed by atoms with E-state index in [1.165, 1.54) is 12.1 Å². The lowest BCUT2D eigenvalue weighted by Crippen LogP contribution is -2.19. The van der Waals surface area contributed by atoms with E-state index in [1.54, 1.807) is 0 Å². The summed E-state index contributed by atoms with van der Waals surface area (Å²) in [6.07, 6.45) is -5.60. The van der Waals surface area contributed by atoms with Gasteiger partial charge in [0.2, 0.25) is 5.91 Å². The monoisotopic (exact) mass is 218 g/mol. The third-order valence-electron chi connectivity index (χ3n) is 1.79. The van der Waals surface area contributed by atoms with Crippen molar-refractivity contribution in [3.8, 4) is 0 Å². The molecular formula is C9H9F3N2O. The van der Waals surface area contributed by atoms with Gasteiger partial charge in [0.1, 0.15) is 0 Å². The highest BCUT2D eigenvalue weighted by Crippen LogP contribution is 2.24. The summed E-state index contributed by atoms with van der Waals surface area (Å²) in [4.78, 5) is 10.8. The Hall–Kier alpha value is -1.72. The van der Waals surface area contributed by atoms with Gasteiger partial charge in [-0.25, -0.2) is 0 Å². The van der Waals surface area contributed by atoms with Gasteiger partial charge >= 0.3 is 6.18 Å². The van der Waals surface area contributed by atoms with Crippen molar-refractivity contribution in [2.24, 2.45) is 5.73 Å². The zero-order valence-corrected chi connectivity index (χ0v) is 7.64. The standard InChI is InChI=1S/C9H9F3N2O/c10-9(11,12)4-5-3-6(13)1-2-7(5)8(14)15/h1-3H,4,13H2,(H2,14,15).